The van der Waals surface area contributed by atoms with E-state index < -0.39 is 34.0 Å². The van der Waals surface area contributed by atoms with Crippen LogP contribution in [0.4, 0.5) is 5.82 Å². The predicted octanol–water partition coefficient (Wildman–Crippen LogP) is 1.55. The van der Waals surface area contributed by atoms with Crippen LogP contribution in [0.25, 0.3) is 0 Å². The van der Waals surface area contributed by atoms with Crippen LogP contribution in [-0.2, 0) is 37.2 Å². The van der Waals surface area contributed by atoms with Gasteiger partial charge in [0.15, 0.2) is 0 Å². The van der Waals surface area contributed by atoms with Crippen LogP contribution >= 0.6 is 0 Å². The van der Waals surface area contributed by atoms with Gasteiger partial charge in [-0.3, -0.25) is 4.79 Å². The minimum absolute atomic E-state index is 0.110. The average Bonchev–Trinajstić information content (AvgIpc) is 3.29. The van der Waals surface area contributed by atoms with E-state index in [-0.39, 0.29) is 25.7 Å². The molecule has 2 atom stereocenters. The first kappa shape index (κ1) is 25.8. The number of aromatic nitrogens is 1. The molecule has 11 heteroatoms. The van der Waals surface area contributed by atoms with E-state index in [4.69, 9.17) is 9.72 Å². The van der Waals surface area contributed by atoms with Crippen LogP contribution in [0, 0.1) is 5.92 Å². The van der Waals surface area contributed by atoms with Crippen molar-refractivity contribution < 1.29 is 27.9 Å². The van der Waals surface area contributed by atoms with Crippen molar-refractivity contribution in [1.29, 1.82) is 0 Å². The number of nitrogens with zero attached hydrogens (tertiary/aromatic N) is 2. The van der Waals surface area contributed by atoms with Crippen molar-refractivity contribution in [1.82, 2.24) is 14.6 Å². The molecule has 0 aromatic carbocycles. The fourth-order valence-corrected chi connectivity index (χ4v) is 6.31. The monoisotopic (exact) mass is 508 g/mol. The lowest BCUT2D eigenvalue weighted by atomic mass is 9.79. The number of hydrogen-bond acceptors (Lipinski definition) is 7. The number of sulfonamides is 1. The highest BCUT2D eigenvalue weighted by Gasteiger charge is 2.38. The van der Waals surface area contributed by atoms with Gasteiger partial charge < -0.3 is 20.5 Å². The fraction of sp³-hybridized carbons (Fsp3) is 0.708. The summed E-state index contributed by atoms with van der Waals surface area (Å²) in [7, 11) is -3.52. The molecule has 35 heavy (non-hydrogen) atoms. The third kappa shape index (κ3) is 6.71. The molecule has 194 valence electrons. The SMILES string of the molecule is CS(=O)(=O)N1CCCC1C(=O)NC(CCO[C@H]1C[C@H](CCc2ccc3c(n2)NCCC3)C1)C(=O)O. The lowest BCUT2D eigenvalue weighted by molar-refractivity contribution is -0.143. The number of carbonyl (C=O) groups is 2. The number of rotatable bonds is 11. The number of aryl methyl sites for hydroxylation is 2. The summed E-state index contributed by atoms with van der Waals surface area (Å²) in [6.07, 6.45) is 8.40. The standard InChI is InChI=1S/C24H36N4O6S/c1-35(32,33)28-12-3-5-21(28)23(29)27-20(24(30)31)10-13-34-19-14-16(15-19)6-8-18-9-7-17-4-2-11-25-22(17)26-18/h7,9,16,19-21H,2-6,8,10-15H2,1H3,(H,25,26)(H,27,29)(H,30,31)/t16-,19-,20?,21?. The molecule has 3 aliphatic rings. The Hall–Kier alpha value is -2.24. The van der Waals surface area contributed by atoms with Gasteiger partial charge in [0.2, 0.25) is 15.9 Å². The topological polar surface area (TPSA) is 138 Å². The molecular weight excluding hydrogens is 472 g/mol. The molecule has 3 heterocycles. The number of pyridine rings is 1. The first-order chi connectivity index (χ1) is 16.7. The number of anilines is 1. The molecule has 1 aromatic rings. The third-order valence-corrected chi connectivity index (χ3v) is 8.55. The van der Waals surface area contributed by atoms with E-state index in [0.717, 1.165) is 67.1 Å². The van der Waals surface area contributed by atoms with Gasteiger partial charge in [-0.15, -0.1) is 0 Å². The van der Waals surface area contributed by atoms with Gasteiger partial charge in [-0.2, -0.15) is 4.31 Å². The minimum atomic E-state index is -3.52. The summed E-state index contributed by atoms with van der Waals surface area (Å²) in [4.78, 5) is 28.9. The summed E-state index contributed by atoms with van der Waals surface area (Å²) in [6.45, 7) is 1.49. The van der Waals surface area contributed by atoms with Gasteiger partial charge in [0.1, 0.15) is 17.9 Å². The second-order valence-corrected chi connectivity index (χ2v) is 11.9. The lowest BCUT2D eigenvalue weighted by Gasteiger charge is -2.35. The summed E-state index contributed by atoms with van der Waals surface area (Å²) >= 11 is 0. The number of nitrogens with one attached hydrogen (secondary N) is 2. The Kier molecular flexibility index (Phi) is 8.28. The van der Waals surface area contributed by atoms with E-state index in [1.807, 2.05) is 0 Å². The normalized spacial score (nSPS) is 25.2. The third-order valence-electron chi connectivity index (χ3n) is 7.26. The Morgan fingerprint density at radius 1 is 1.31 bits per heavy atom. The number of carboxylic acids is 1. The lowest BCUT2D eigenvalue weighted by Crippen LogP contribution is -2.51. The summed E-state index contributed by atoms with van der Waals surface area (Å²) in [5, 5.41) is 15.4. The minimum Gasteiger partial charge on any atom is -0.480 e. The zero-order valence-electron chi connectivity index (χ0n) is 20.2. The van der Waals surface area contributed by atoms with Crippen molar-refractivity contribution in [3.63, 3.8) is 0 Å². The maximum atomic E-state index is 12.6. The maximum absolute atomic E-state index is 12.6. The smallest absolute Gasteiger partial charge is 0.326 e. The van der Waals surface area contributed by atoms with E-state index in [2.05, 4.69) is 22.8 Å². The van der Waals surface area contributed by atoms with Crippen LogP contribution in [0.1, 0.15) is 56.2 Å². The summed E-state index contributed by atoms with van der Waals surface area (Å²) in [6, 6.07) is 2.35. The highest BCUT2D eigenvalue weighted by molar-refractivity contribution is 7.88. The molecule has 2 aliphatic heterocycles. The number of carbonyl (C=O) groups excluding carboxylic acids is 1. The average molecular weight is 509 g/mol. The van der Waals surface area contributed by atoms with Gasteiger partial charge in [0.25, 0.3) is 0 Å². The molecule has 0 bridgehead atoms. The molecule has 1 aromatic heterocycles. The van der Waals surface area contributed by atoms with Crippen molar-refractivity contribution in [3.05, 3.63) is 23.4 Å². The molecule has 10 nitrogen and oxygen atoms in total. The van der Waals surface area contributed by atoms with E-state index in [9.17, 15) is 23.1 Å². The molecule has 2 unspecified atom stereocenters. The molecule has 1 amide bonds. The molecule has 3 N–H and O–H groups in total. The van der Waals surface area contributed by atoms with E-state index in [1.54, 1.807) is 0 Å². The number of hydrogen-bond donors (Lipinski definition) is 3. The van der Waals surface area contributed by atoms with Crippen molar-refractivity contribution >= 4 is 27.7 Å². The number of aliphatic carboxylic acids is 1. The molecule has 0 radical (unpaired) electrons. The van der Waals surface area contributed by atoms with Crippen LogP contribution in [-0.4, -0.2) is 78.8 Å². The molecule has 1 aliphatic carbocycles. The highest BCUT2D eigenvalue weighted by Crippen LogP contribution is 2.34. The van der Waals surface area contributed by atoms with Gasteiger partial charge >= 0.3 is 5.97 Å². The predicted molar refractivity (Wildman–Crippen MR) is 131 cm³/mol. The molecule has 1 saturated carbocycles. The van der Waals surface area contributed by atoms with E-state index in [0.29, 0.717) is 18.8 Å². The second kappa shape index (κ2) is 11.2. The highest BCUT2D eigenvalue weighted by atomic mass is 32.2. The van der Waals surface area contributed by atoms with E-state index >= 15 is 0 Å². The van der Waals surface area contributed by atoms with Crippen LogP contribution in [0.2, 0.25) is 0 Å². The Balaban J connectivity index is 1.15. The summed E-state index contributed by atoms with van der Waals surface area (Å²) in [5.41, 5.74) is 2.41. The Bertz CT molecular complexity index is 1030. The van der Waals surface area contributed by atoms with Crippen LogP contribution < -0.4 is 10.6 Å². The number of ether oxygens (including phenoxy) is 1. The van der Waals surface area contributed by atoms with Crippen LogP contribution in [0.15, 0.2) is 12.1 Å². The molecule has 1 saturated heterocycles. The van der Waals surface area contributed by atoms with Gasteiger partial charge in [-0.1, -0.05) is 6.07 Å². The zero-order chi connectivity index (χ0) is 25.0. The van der Waals surface area contributed by atoms with Gasteiger partial charge in [-0.05, 0) is 68.9 Å². The van der Waals surface area contributed by atoms with E-state index in [1.165, 1.54) is 5.56 Å². The van der Waals surface area contributed by atoms with Crippen LogP contribution in [0.5, 0.6) is 0 Å². The Morgan fingerprint density at radius 2 is 2.11 bits per heavy atom. The first-order valence-corrected chi connectivity index (χ1v) is 14.4. The van der Waals surface area contributed by atoms with Gasteiger partial charge in [-0.25, -0.2) is 18.2 Å². The Labute approximate surface area is 206 Å². The van der Waals surface area contributed by atoms with Gasteiger partial charge in [0.05, 0.1) is 12.4 Å². The van der Waals surface area contributed by atoms with Gasteiger partial charge in [0, 0.05) is 31.8 Å². The van der Waals surface area contributed by atoms with Crippen molar-refractivity contribution in [2.75, 3.05) is 31.3 Å². The molecule has 2 fully saturated rings. The van der Waals surface area contributed by atoms with Crippen LogP contribution in [0.3, 0.4) is 0 Å². The van der Waals surface area contributed by atoms with Crippen molar-refractivity contribution in [2.45, 2.75) is 76.0 Å². The number of amides is 1. The van der Waals surface area contributed by atoms with Crippen molar-refractivity contribution in [3.8, 4) is 0 Å². The fourth-order valence-electron chi connectivity index (χ4n) is 5.18. The Morgan fingerprint density at radius 3 is 2.86 bits per heavy atom. The maximum Gasteiger partial charge on any atom is 0.326 e. The molecule has 4 rings (SSSR count). The largest absolute Gasteiger partial charge is 0.480 e. The number of carboxylic acid groups (broad SMARTS) is 1. The summed E-state index contributed by atoms with van der Waals surface area (Å²) in [5.74, 6) is -0.106. The summed E-state index contributed by atoms with van der Waals surface area (Å²) < 4.78 is 30.7. The molecular formula is C24H36N4O6S. The zero-order valence-corrected chi connectivity index (χ0v) is 21.1. The molecule has 0 spiro atoms. The number of fused-ring (bicyclic) bond motifs is 1. The first-order valence-electron chi connectivity index (χ1n) is 12.5. The van der Waals surface area contributed by atoms with Crippen molar-refractivity contribution in [2.24, 2.45) is 5.92 Å². The quantitative estimate of drug-likeness (QED) is 0.409. The second-order valence-electron chi connectivity index (χ2n) is 9.93.